The molecule has 1 heterocycles. The fourth-order valence-electron chi connectivity index (χ4n) is 0.926. The Kier molecular flexibility index (Phi) is 2.84. The van der Waals surface area contributed by atoms with Crippen molar-refractivity contribution < 1.29 is 19.0 Å². The molecule has 72 valence electrons. The fraction of sp³-hybridized carbons (Fsp3) is 0.571. The first-order valence-electron chi connectivity index (χ1n) is 4.00. The van der Waals surface area contributed by atoms with E-state index < -0.39 is 5.97 Å². The van der Waals surface area contributed by atoms with Gasteiger partial charge in [-0.15, -0.1) is 0 Å². The summed E-state index contributed by atoms with van der Waals surface area (Å²) in [6.07, 6.45) is 1.52. The van der Waals surface area contributed by atoms with Crippen molar-refractivity contribution in [1.29, 1.82) is 0 Å². The van der Waals surface area contributed by atoms with E-state index in [1.807, 2.05) is 6.92 Å². The van der Waals surface area contributed by atoms with Gasteiger partial charge in [0, 0.05) is 13.3 Å². The van der Waals surface area contributed by atoms with Gasteiger partial charge < -0.3 is 5.73 Å². The number of nitrogen functional groups attached to an aromatic ring is 1. The highest BCUT2D eigenvalue weighted by atomic mass is 16.7. The minimum Gasteiger partial charge on any atom is -0.362 e. The van der Waals surface area contributed by atoms with Gasteiger partial charge in [0.05, 0.1) is 0 Å². The molecule has 13 heavy (non-hydrogen) atoms. The number of nitrogens with zero attached hydrogens (tertiary/aromatic N) is 2. The molecule has 0 unspecified atom stereocenters. The van der Waals surface area contributed by atoms with Crippen molar-refractivity contribution >= 4 is 11.9 Å². The minimum absolute atomic E-state index is 0.183. The van der Waals surface area contributed by atoms with Crippen LogP contribution in [0.2, 0.25) is 0 Å². The topological polar surface area (TPSA) is 82.2 Å². The molecule has 0 spiro atoms. The number of nitrogens with two attached hydrogens (primary N) is 1. The van der Waals surface area contributed by atoms with E-state index in [1.165, 1.54) is 6.92 Å². The van der Waals surface area contributed by atoms with Gasteiger partial charge in [-0.05, 0) is 6.42 Å². The van der Waals surface area contributed by atoms with Crippen molar-refractivity contribution in [3.8, 4) is 0 Å². The van der Waals surface area contributed by atoms with Gasteiger partial charge in [0.2, 0.25) is 0 Å². The lowest BCUT2D eigenvalue weighted by Crippen LogP contribution is -2.49. The second-order valence-electron chi connectivity index (χ2n) is 2.59. The van der Waals surface area contributed by atoms with Crippen LogP contribution in [0.15, 0.2) is 4.52 Å². The van der Waals surface area contributed by atoms with Crippen LogP contribution in [-0.4, -0.2) is 11.2 Å². The Morgan fingerprint density at radius 2 is 2.46 bits per heavy atom. The smallest absolute Gasteiger partial charge is 0.362 e. The summed E-state index contributed by atoms with van der Waals surface area (Å²) in [7, 11) is 0. The third kappa shape index (κ3) is 2.17. The van der Waals surface area contributed by atoms with Crippen LogP contribution in [-0.2, 0) is 11.2 Å². The van der Waals surface area contributed by atoms with Gasteiger partial charge in [-0.25, -0.2) is 4.79 Å². The van der Waals surface area contributed by atoms with Crippen LogP contribution < -0.4 is 15.4 Å². The van der Waals surface area contributed by atoms with Gasteiger partial charge in [-0.2, -0.15) is 4.84 Å². The van der Waals surface area contributed by atoms with Crippen molar-refractivity contribution in [2.45, 2.75) is 26.7 Å². The van der Waals surface area contributed by atoms with E-state index in [1.54, 1.807) is 0 Å². The normalized spacial score (nSPS) is 10.0. The number of rotatable bonds is 3. The predicted molar refractivity (Wildman–Crippen MR) is 42.4 cm³/mol. The molecule has 0 atom stereocenters. The number of aromatic nitrogens is 2. The summed E-state index contributed by atoms with van der Waals surface area (Å²) in [6.45, 7) is 3.26. The fourth-order valence-corrected chi connectivity index (χ4v) is 0.926. The molecular weight excluding hydrogens is 174 g/mol. The van der Waals surface area contributed by atoms with E-state index in [-0.39, 0.29) is 5.88 Å². The zero-order valence-corrected chi connectivity index (χ0v) is 7.61. The summed E-state index contributed by atoms with van der Waals surface area (Å²) < 4.78 is 4.66. The molecule has 0 aromatic carbocycles. The molecule has 1 aromatic heterocycles. The SMILES string of the molecule is CCCc1c(N)on[n+]1OC(C)=O. The Morgan fingerprint density at radius 3 is 3.00 bits per heavy atom. The Hall–Kier alpha value is -1.59. The van der Waals surface area contributed by atoms with Gasteiger partial charge in [-0.1, -0.05) is 6.92 Å². The van der Waals surface area contributed by atoms with Crippen molar-refractivity contribution in [2.75, 3.05) is 5.73 Å². The molecule has 0 saturated carbocycles. The number of hydrogen-bond donors (Lipinski definition) is 1. The zero-order valence-electron chi connectivity index (χ0n) is 7.61. The van der Waals surface area contributed by atoms with Crippen LogP contribution >= 0.6 is 0 Å². The van der Waals surface area contributed by atoms with E-state index in [2.05, 4.69) is 9.79 Å². The van der Waals surface area contributed by atoms with Gasteiger partial charge in [-0.3, -0.25) is 4.52 Å². The number of carbonyl (C=O) groups excluding carboxylic acids is 1. The molecule has 0 aliphatic heterocycles. The van der Waals surface area contributed by atoms with Crippen LogP contribution in [0.4, 0.5) is 5.88 Å². The lowest BCUT2D eigenvalue weighted by Gasteiger charge is -1.88. The lowest BCUT2D eigenvalue weighted by molar-refractivity contribution is -0.924. The van der Waals surface area contributed by atoms with Gasteiger partial charge in [0.1, 0.15) is 0 Å². The summed E-state index contributed by atoms with van der Waals surface area (Å²) in [4.78, 5) is 16.3. The molecule has 1 rings (SSSR count). The van der Waals surface area contributed by atoms with Crippen LogP contribution in [0.1, 0.15) is 26.0 Å². The molecule has 0 bridgehead atoms. The number of anilines is 1. The second-order valence-corrected chi connectivity index (χ2v) is 2.59. The molecule has 0 fully saturated rings. The largest absolute Gasteiger partial charge is 0.380 e. The maximum atomic E-state index is 10.6. The average molecular weight is 186 g/mol. The first-order valence-corrected chi connectivity index (χ1v) is 4.00. The van der Waals surface area contributed by atoms with Crippen molar-refractivity contribution in [3.05, 3.63) is 5.69 Å². The summed E-state index contributed by atoms with van der Waals surface area (Å²) in [5.74, 6) is -0.279. The molecular formula is C7H12N3O3+. The zero-order chi connectivity index (χ0) is 9.84. The molecule has 0 saturated heterocycles. The maximum Gasteiger partial charge on any atom is 0.380 e. The van der Waals surface area contributed by atoms with E-state index in [9.17, 15) is 4.79 Å². The monoisotopic (exact) mass is 186 g/mol. The molecule has 6 heteroatoms. The van der Waals surface area contributed by atoms with E-state index >= 15 is 0 Å². The molecule has 2 N–H and O–H groups in total. The highest BCUT2D eigenvalue weighted by molar-refractivity contribution is 5.65. The Bertz CT molecular complexity index is 308. The van der Waals surface area contributed by atoms with Crippen LogP contribution in [0, 0.1) is 0 Å². The maximum absolute atomic E-state index is 10.6. The van der Waals surface area contributed by atoms with E-state index in [0.717, 1.165) is 11.3 Å². The van der Waals surface area contributed by atoms with Crippen LogP contribution in [0.3, 0.4) is 0 Å². The third-order valence-electron chi connectivity index (χ3n) is 1.43. The van der Waals surface area contributed by atoms with Crippen molar-refractivity contribution in [2.24, 2.45) is 0 Å². The predicted octanol–water partition coefficient (Wildman–Crippen LogP) is -0.528. The molecule has 0 amide bonds. The molecule has 0 radical (unpaired) electrons. The summed E-state index contributed by atoms with van der Waals surface area (Å²) in [5.41, 5.74) is 6.04. The minimum atomic E-state index is -0.462. The highest BCUT2D eigenvalue weighted by Gasteiger charge is 2.25. The highest BCUT2D eigenvalue weighted by Crippen LogP contribution is 2.05. The molecule has 0 aliphatic carbocycles. The van der Waals surface area contributed by atoms with E-state index in [4.69, 9.17) is 10.6 Å². The van der Waals surface area contributed by atoms with Gasteiger partial charge >= 0.3 is 17.5 Å². The number of hydrogen-bond acceptors (Lipinski definition) is 5. The first-order chi connectivity index (χ1) is 6.15. The standard InChI is InChI=1S/C7H12N3O3/c1-3-4-6-7(8)12-9-10(6)13-5(2)11/h3-4,8H2,1-2H3/q+1. The Labute approximate surface area is 75.2 Å². The van der Waals surface area contributed by atoms with Crippen molar-refractivity contribution in [3.63, 3.8) is 0 Å². The third-order valence-corrected chi connectivity index (χ3v) is 1.43. The van der Waals surface area contributed by atoms with Gasteiger partial charge in [0.25, 0.3) is 5.27 Å². The molecule has 6 nitrogen and oxygen atoms in total. The molecule has 1 aromatic rings. The average Bonchev–Trinajstić information content (AvgIpc) is 2.35. The van der Waals surface area contributed by atoms with E-state index in [0.29, 0.717) is 12.1 Å². The lowest BCUT2D eigenvalue weighted by atomic mass is 10.3. The summed E-state index contributed by atoms with van der Waals surface area (Å²) in [5, 5.41) is 3.45. The first kappa shape index (κ1) is 9.50. The van der Waals surface area contributed by atoms with Crippen LogP contribution in [0.5, 0.6) is 0 Å². The number of carbonyl (C=O) groups is 1. The van der Waals surface area contributed by atoms with Crippen LogP contribution in [0.25, 0.3) is 0 Å². The Balaban J connectivity index is 2.86. The Morgan fingerprint density at radius 1 is 1.77 bits per heavy atom. The quantitative estimate of drug-likeness (QED) is 0.642. The molecule has 0 aliphatic rings. The second kappa shape index (κ2) is 3.88. The summed E-state index contributed by atoms with van der Waals surface area (Å²) in [6, 6.07) is 0. The van der Waals surface area contributed by atoms with Crippen molar-refractivity contribution in [1.82, 2.24) is 5.27 Å². The van der Waals surface area contributed by atoms with Gasteiger partial charge in [0.15, 0.2) is 4.85 Å². The summed E-state index contributed by atoms with van der Waals surface area (Å²) >= 11 is 0.